The number of imidazole rings is 1. The number of hydrogen-bond donors (Lipinski definition) is 1. The fourth-order valence-corrected chi connectivity index (χ4v) is 6.04. The first-order valence-corrected chi connectivity index (χ1v) is 12.7. The van der Waals surface area contributed by atoms with E-state index in [2.05, 4.69) is 4.98 Å². The highest BCUT2D eigenvalue weighted by atomic mass is 16.2. The van der Waals surface area contributed by atoms with Crippen LogP contribution in [0.25, 0.3) is 11.0 Å². The van der Waals surface area contributed by atoms with Gasteiger partial charge in [0.1, 0.15) is 12.0 Å². The predicted octanol–water partition coefficient (Wildman–Crippen LogP) is 4.43. The molecule has 0 saturated carbocycles. The molecule has 0 radical (unpaired) electrons. The Morgan fingerprint density at radius 1 is 0.919 bits per heavy atom. The van der Waals surface area contributed by atoms with E-state index in [1.807, 2.05) is 59.5 Å². The lowest BCUT2D eigenvalue weighted by Crippen LogP contribution is -2.49. The van der Waals surface area contributed by atoms with Crippen LogP contribution >= 0.6 is 0 Å². The summed E-state index contributed by atoms with van der Waals surface area (Å²) in [6, 6.07) is 22.4. The lowest BCUT2D eigenvalue weighted by atomic mass is 10.0. The minimum Gasteiger partial charge on any atom is -0.340 e. The molecule has 0 unspecified atom stereocenters. The van der Waals surface area contributed by atoms with Crippen molar-refractivity contribution in [1.82, 2.24) is 19.8 Å². The van der Waals surface area contributed by atoms with E-state index in [1.165, 1.54) is 0 Å². The Hall–Kier alpha value is -4.46. The highest BCUT2D eigenvalue weighted by Gasteiger charge is 2.47. The summed E-state index contributed by atoms with van der Waals surface area (Å²) < 4.78 is 0. The van der Waals surface area contributed by atoms with Crippen molar-refractivity contribution in [2.24, 2.45) is 0 Å². The van der Waals surface area contributed by atoms with Crippen molar-refractivity contribution in [3.63, 3.8) is 0 Å². The number of para-hydroxylation sites is 3. The summed E-state index contributed by atoms with van der Waals surface area (Å²) >= 11 is 0. The second-order valence-electron chi connectivity index (χ2n) is 9.79. The van der Waals surface area contributed by atoms with Gasteiger partial charge in [-0.1, -0.05) is 42.5 Å². The Balaban J connectivity index is 1.17. The summed E-state index contributed by atoms with van der Waals surface area (Å²) in [6.07, 6.45) is 1.37. The predicted molar refractivity (Wildman–Crippen MR) is 138 cm³/mol. The second-order valence-corrected chi connectivity index (χ2v) is 9.79. The first-order valence-electron chi connectivity index (χ1n) is 12.7. The highest BCUT2D eigenvalue weighted by molar-refractivity contribution is 6.16. The molecule has 0 spiro atoms. The van der Waals surface area contributed by atoms with Gasteiger partial charge in [0.05, 0.1) is 28.3 Å². The van der Waals surface area contributed by atoms with Crippen molar-refractivity contribution in [2.75, 3.05) is 18.0 Å². The topological polar surface area (TPSA) is 89.6 Å². The van der Waals surface area contributed by atoms with Crippen molar-refractivity contribution in [3.05, 3.63) is 95.3 Å². The molecule has 37 heavy (non-hydrogen) atoms. The van der Waals surface area contributed by atoms with E-state index in [-0.39, 0.29) is 36.7 Å². The number of nitrogens with one attached hydrogen (secondary N) is 1. The van der Waals surface area contributed by atoms with Crippen LogP contribution in [0.2, 0.25) is 0 Å². The molecule has 3 aliphatic heterocycles. The van der Waals surface area contributed by atoms with Crippen LogP contribution in [0.15, 0.2) is 72.8 Å². The quantitative estimate of drug-likeness (QED) is 0.457. The molecule has 4 heterocycles. The van der Waals surface area contributed by atoms with E-state index in [0.29, 0.717) is 23.4 Å². The Morgan fingerprint density at radius 3 is 2.54 bits per heavy atom. The number of anilines is 1. The smallest absolute Gasteiger partial charge is 0.260 e. The lowest BCUT2D eigenvalue weighted by molar-refractivity contribution is -0.132. The number of fused-ring (bicyclic) bond motifs is 6. The Bertz CT molecular complexity index is 1540. The molecule has 1 N–H and O–H groups in total. The number of likely N-dealkylation sites (tertiary alicyclic amines) is 1. The molecule has 184 valence electrons. The maximum Gasteiger partial charge on any atom is 0.260 e. The highest BCUT2D eigenvalue weighted by Crippen LogP contribution is 2.45. The number of amides is 3. The van der Waals surface area contributed by atoms with Gasteiger partial charge in [0.25, 0.3) is 11.8 Å². The summed E-state index contributed by atoms with van der Waals surface area (Å²) in [5.41, 5.74) is 4.33. The Kier molecular flexibility index (Phi) is 4.89. The van der Waals surface area contributed by atoms with Gasteiger partial charge in [-0.3, -0.25) is 19.3 Å². The van der Waals surface area contributed by atoms with Crippen LogP contribution in [0, 0.1) is 0 Å². The van der Waals surface area contributed by atoms with E-state index in [9.17, 15) is 14.4 Å². The minimum absolute atomic E-state index is 0.0150. The fourth-order valence-electron chi connectivity index (χ4n) is 6.04. The van der Waals surface area contributed by atoms with Crippen LogP contribution in [0.1, 0.15) is 63.6 Å². The van der Waals surface area contributed by atoms with Crippen molar-refractivity contribution in [3.8, 4) is 0 Å². The number of nitrogens with zero attached hydrogens (tertiary/aromatic N) is 4. The normalized spacial score (nSPS) is 20.4. The van der Waals surface area contributed by atoms with Crippen molar-refractivity contribution in [2.45, 2.75) is 31.5 Å². The van der Waals surface area contributed by atoms with Crippen LogP contribution in [0.3, 0.4) is 0 Å². The van der Waals surface area contributed by atoms with E-state index in [4.69, 9.17) is 4.98 Å². The van der Waals surface area contributed by atoms with Gasteiger partial charge in [-0.15, -0.1) is 0 Å². The van der Waals surface area contributed by atoms with Gasteiger partial charge >= 0.3 is 0 Å². The molecule has 7 rings (SSSR count). The molecular weight excluding hydrogens is 466 g/mol. The number of aromatic nitrogens is 2. The fraction of sp³-hybridized carbons (Fsp3) is 0.241. The van der Waals surface area contributed by atoms with Crippen LogP contribution < -0.4 is 4.90 Å². The molecule has 1 aromatic heterocycles. The third-order valence-corrected chi connectivity index (χ3v) is 7.75. The van der Waals surface area contributed by atoms with E-state index >= 15 is 0 Å². The molecular formula is C29H25N5O3. The average molecular weight is 492 g/mol. The van der Waals surface area contributed by atoms with Crippen molar-refractivity contribution >= 4 is 34.4 Å². The van der Waals surface area contributed by atoms with Gasteiger partial charge in [0, 0.05) is 30.6 Å². The molecule has 8 heteroatoms. The molecule has 0 bridgehead atoms. The molecule has 8 nitrogen and oxygen atoms in total. The van der Waals surface area contributed by atoms with E-state index in [1.54, 1.807) is 28.0 Å². The molecule has 3 aliphatic rings. The first-order chi connectivity index (χ1) is 18.1. The van der Waals surface area contributed by atoms with Crippen LogP contribution in [0.5, 0.6) is 0 Å². The number of carbonyl (C=O) groups excluding carboxylic acids is 3. The van der Waals surface area contributed by atoms with Gasteiger partial charge in [-0.2, -0.15) is 0 Å². The van der Waals surface area contributed by atoms with Gasteiger partial charge in [0.2, 0.25) is 5.91 Å². The Labute approximate surface area is 213 Å². The third-order valence-electron chi connectivity index (χ3n) is 7.75. The molecule has 3 amide bonds. The summed E-state index contributed by atoms with van der Waals surface area (Å²) in [4.78, 5) is 53.9. The molecule has 3 aromatic carbocycles. The number of H-pyrrole nitrogens is 1. The van der Waals surface area contributed by atoms with Gasteiger partial charge < -0.3 is 14.8 Å². The van der Waals surface area contributed by atoms with E-state index in [0.717, 1.165) is 35.3 Å². The molecule has 0 aliphatic carbocycles. The number of aromatic amines is 1. The van der Waals surface area contributed by atoms with Crippen LogP contribution in [-0.4, -0.2) is 50.6 Å². The Morgan fingerprint density at radius 2 is 1.68 bits per heavy atom. The lowest BCUT2D eigenvalue weighted by Gasteiger charge is -2.41. The van der Waals surface area contributed by atoms with Crippen molar-refractivity contribution in [1.29, 1.82) is 0 Å². The zero-order valence-corrected chi connectivity index (χ0v) is 20.1. The number of carbonyl (C=O) groups is 3. The standard InChI is InChI=1S/C29H25N5O3/c35-25(32-16-7-14-24(32)26-30-21-11-4-5-12-22(21)31-26)15-17-33-27-18-8-1-2-9-19(18)29(37)34(27)23-13-6-3-10-20(23)28(33)36/h1-6,8-13,24,27H,7,14-17H2,(H,30,31)/t24-,27-/m0/s1. The molecule has 4 aromatic rings. The average Bonchev–Trinajstić information content (AvgIpc) is 3.65. The summed E-state index contributed by atoms with van der Waals surface area (Å²) in [5.74, 6) is 0.501. The maximum absolute atomic E-state index is 13.6. The summed E-state index contributed by atoms with van der Waals surface area (Å²) in [7, 11) is 0. The van der Waals surface area contributed by atoms with Gasteiger partial charge in [-0.25, -0.2) is 4.98 Å². The van der Waals surface area contributed by atoms with Gasteiger partial charge in [-0.05, 0) is 43.2 Å². The monoisotopic (exact) mass is 491 g/mol. The first kappa shape index (κ1) is 21.8. The number of rotatable bonds is 4. The number of benzene rings is 3. The minimum atomic E-state index is -0.552. The molecule has 1 saturated heterocycles. The molecule has 2 atom stereocenters. The SMILES string of the molecule is O=C(CCN1C(=O)c2ccccc2N2C(=O)c3ccccc3[C@@H]12)N1CCC[C@H]1c1nc2ccccc2[nH]1. The largest absolute Gasteiger partial charge is 0.340 e. The number of hydrogen-bond acceptors (Lipinski definition) is 4. The second kappa shape index (κ2) is 8.30. The zero-order valence-electron chi connectivity index (χ0n) is 20.1. The maximum atomic E-state index is 13.6. The van der Waals surface area contributed by atoms with Crippen molar-refractivity contribution < 1.29 is 14.4 Å². The summed E-state index contributed by atoms with van der Waals surface area (Å²) in [6.45, 7) is 0.881. The van der Waals surface area contributed by atoms with Crippen LogP contribution in [-0.2, 0) is 4.79 Å². The third kappa shape index (κ3) is 3.28. The molecule has 1 fully saturated rings. The summed E-state index contributed by atoms with van der Waals surface area (Å²) in [5, 5.41) is 0. The van der Waals surface area contributed by atoms with Crippen LogP contribution in [0.4, 0.5) is 5.69 Å². The van der Waals surface area contributed by atoms with Gasteiger partial charge in [0.15, 0.2) is 0 Å². The zero-order chi connectivity index (χ0) is 25.1. The van der Waals surface area contributed by atoms with E-state index < -0.39 is 6.17 Å².